The van der Waals surface area contributed by atoms with Crippen LogP contribution in [-0.4, -0.2) is 12.7 Å². The zero-order valence-electron chi connectivity index (χ0n) is 6.14. The fraction of sp³-hybridized carbons (Fsp3) is 0. The van der Waals surface area contributed by atoms with Gasteiger partial charge < -0.3 is 9.68 Å². The molecule has 4 nitrogen and oxygen atoms in total. The summed E-state index contributed by atoms with van der Waals surface area (Å²) in [5, 5.41) is 13.6. The van der Waals surface area contributed by atoms with Crippen molar-refractivity contribution in [3.05, 3.63) is 24.3 Å². The van der Waals surface area contributed by atoms with E-state index in [4.69, 9.17) is 9.68 Å². The number of rotatable bonds is 3. The fourth-order valence-electron chi connectivity index (χ4n) is 0.727. The Morgan fingerprint density at radius 3 is 2.50 bits per heavy atom. The molecule has 0 fully saturated rings. The molecule has 0 bridgehead atoms. The summed E-state index contributed by atoms with van der Waals surface area (Å²) in [6.07, 6.45) is 0. The van der Waals surface area contributed by atoms with Gasteiger partial charge in [-0.25, -0.2) is 0 Å². The van der Waals surface area contributed by atoms with Gasteiger partial charge in [0.25, 0.3) is 0 Å². The van der Waals surface area contributed by atoms with E-state index in [1.165, 1.54) is 12.1 Å². The molecule has 0 saturated carbocycles. The van der Waals surface area contributed by atoms with Crippen LogP contribution in [0.3, 0.4) is 0 Å². The van der Waals surface area contributed by atoms with Crippen LogP contribution in [-0.2, 0) is 0 Å². The summed E-state index contributed by atoms with van der Waals surface area (Å²) in [5.74, 6) is 0.496. The lowest BCUT2D eigenvalue weighted by molar-refractivity contribution is 0.453. The zero-order chi connectivity index (χ0) is 8.81. The molecular weight excluding hydrogens is 162 g/mol. The minimum absolute atomic E-state index is 0.385. The monoisotopic (exact) mass is 168 g/mol. The van der Waals surface area contributed by atoms with Gasteiger partial charge in [0.05, 0.1) is 5.69 Å². The van der Waals surface area contributed by atoms with E-state index >= 15 is 0 Å². The highest BCUT2D eigenvalue weighted by atomic mass is 19.2. The molecule has 0 aromatic heterocycles. The number of halogens is 1. The third kappa shape index (κ3) is 2.32. The van der Waals surface area contributed by atoms with E-state index in [9.17, 15) is 4.48 Å². The Labute approximate surface area is 68.9 Å². The molecule has 0 unspecified atom stereocenters. The molecule has 12 heavy (non-hydrogen) atoms. The molecule has 1 aromatic carbocycles. The normalized spacial score (nSPS) is 10.2. The molecule has 0 aliphatic carbocycles. The molecule has 6 heteroatoms. The lowest BCUT2D eigenvalue weighted by Gasteiger charge is -1.99. The Morgan fingerprint density at radius 2 is 2.00 bits per heavy atom. The largest absolute Gasteiger partial charge is 0.539 e. The highest BCUT2D eigenvalue weighted by molar-refractivity contribution is 6.17. The van der Waals surface area contributed by atoms with Gasteiger partial charge in [0.1, 0.15) is 5.75 Å². The van der Waals surface area contributed by atoms with Crippen molar-refractivity contribution in [2.24, 2.45) is 10.5 Å². The van der Waals surface area contributed by atoms with Gasteiger partial charge >= 0.3 is 7.69 Å². The Morgan fingerprint density at radius 1 is 1.33 bits per heavy atom. The number of hydrogen-bond donors (Lipinski definition) is 1. The minimum atomic E-state index is -0.385. The SMILES string of the molecule is OBOc1ccc(N=NF)cc1. The van der Waals surface area contributed by atoms with Crippen molar-refractivity contribution in [2.45, 2.75) is 0 Å². The summed E-state index contributed by atoms with van der Waals surface area (Å²) in [7, 11) is -0.385. The van der Waals surface area contributed by atoms with Gasteiger partial charge in [0.2, 0.25) is 0 Å². The molecule has 1 N–H and O–H groups in total. The second kappa shape index (κ2) is 4.45. The topological polar surface area (TPSA) is 54.2 Å². The summed E-state index contributed by atoms with van der Waals surface area (Å²) in [6.45, 7) is 0. The summed E-state index contributed by atoms with van der Waals surface area (Å²) in [6, 6.07) is 6.16. The van der Waals surface area contributed by atoms with E-state index < -0.39 is 0 Å². The summed E-state index contributed by atoms with van der Waals surface area (Å²) in [4.78, 5) is 0. The average Bonchev–Trinajstić information content (AvgIpc) is 2.09. The highest BCUT2D eigenvalue weighted by Gasteiger charge is 1.93. The van der Waals surface area contributed by atoms with E-state index in [1.54, 1.807) is 12.1 Å². The quantitative estimate of drug-likeness (QED) is 0.545. The number of hydrogen-bond acceptors (Lipinski definition) is 4. The van der Waals surface area contributed by atoms with Crippen molar-refractivity contribution in [3.63, 3.8) is 0 Å². The summed E-state index contributed by atoms with van der Waals surface area (Å²) < 4.78 is 16.0. The first-order valence-corrected chi connectivity index (χ1v) is 3.22. The molecular formula is C6H6BFN2O2. The lowest BCUT2D eigenvalue weighted by atomic mass is 10.3. The van der Waals surface area contributed by atoms with E-state index in [-0.39, 0.29) is 7.69 Å². The van der Waals surface area contributed by atoms with Gasteiger partial charge in [-0.1, -0.05) is 4.48 Å². The lowest BCUT2D eigenvalue weighted by Crippen LogP contribution is -1.98. The predicted octanol–water partition coefficient (Wildman–Crippen LogP) is 1.29. The molecule has 0 aliphatic heterocycles. The van der Waals surface area contributed by atoms with Crippen molar-refractivity contribution in [2.75, 3.05) is 0 Å². The van der Waals surface area contributed by atoms with Gasteiger partial charge in [-0.15, -0.1) is 5.11 Å². The Hall–Kier alpha value is -1.43. The van der Waals surface area contributed by atoms with Crippen molar-refractivity contribution >= 4 is 13.4 Å². The average molecular weight is 168 g/mol. The molecule has 0 heterocycles. The predicted molar refractivity (Wildman–Crippen MR) is 42.1 cm³/mol. The van der Waals surface area contributed by atoms with Gasteiger partial charge in [0.15, 0.2) is 0 Å². The van der Waals surface area contributed by atoms with Crippen molar-refractivity contribution < 1.29 is 14.2 Å². The molecule has 0 aliphatic rings. The Bertz CT molecular complexity index is 265. The molecule has 1 aromatic rings. The maximum atomic E-state index is 11.3. The van der Waals surface area contributed by atoms with Crippen LogP contribution in [0.4, 0.5) is 10.2 Å². The third-order valence-electron chi connectivity index (χ3n) is 1.22. The molecule has 0 amide bonds. The molecule has 0 atom stereocenters. The smallest absolute Gasteiger partial charge is 0.504 e. The van der Waals surface area contributed by atoms with Gasteiger partial charge in [-0.3, -0.25) is 0 Å². The van der Waals surface area contributed by atoms with Gasteiger partial charge in [-0.05, 0) is 24.3 Å². The van der Waals surface area contributed by atoms with Crippen molar-refractivity contribution in [3.8, 4) is 5.75 Å². The summed E-state index contributed by atoms with van der Waals surface area (Å²) in [5.41, 5.74) is 0.391. The summed E-state index contributed by atoms with van der Waals surface area (Å²) >= 11 is 0. The molecule has 0 saturated heterocycles. The standard InChI is InChI=1S/C6H6BFN2O2/c8-10-9-5-1-3-6(4-2-5)12-7-11/h1-4,7,11H. The highest BCUT2D eigenvalue weighted by Crippen LogP contribution is 2.17. The van der Waals surface area contributed by atoms with E-state index in [1.807, 2.05) is 0 Å². The number of benzene rings is 1. The van der Waals surface area contributed by atoms with Crippen LogP contribution < -0.4 is 4.65 Å². The van der Waals surface area contributed by atoms with Crippen LogP contribution >= 0.6 is 0 Å². The Balaban J connectivity index is 2.71. The first-order valence-electron chi connectivity index (χ1n) is 3.22. The van der Waals surface area contributed by atoms with Crippen LogP contribution in [0.25, 0.3) is 0 Å². The van der Waals surface area contributed by atoms with Crippen LogP contribution in [0.15, 0.2) is 34.7 Å². The second-order valence-corrected chi connectivity index (χ2v) is 1.94. The van der Waals surface area contributed by atoms with Crippen LogP contribution in [0.5, 0.6) is 5.75 Å². The van der Waals surface area contributed by atoms with Crippen LogP contribution in [0, 0.1) is 0 Å². The first-order chi connectivity index (χ1) is 5.86. The number of nitrogens with zero attached hydrogens (tertiary/aromatic N) is 2. The van der Waals surface area contributed by atoms with Crippen molar-refractivity contribution in [1.29, 1.82) is 0 Å². The van der Waals surface area contributed by atoms with Crippen molar-refractivity contribution in [1.82, 2.24) is 0 Å². The van der Waals surface area contributed by atoms with Gasteiger partial charge in [-0.2, -0.15) is 0 Å². The van der Waals surface area contributed by atoms with Crippen LogP contribution in [0.1, 0.15) is 0 Å². The minimum Gasteiger partial charge on any atom is -0.539 e. The maximum absolute atomic E-state index is 11.3. The third-order valence-corrected chi connectivity index (χ3v) is 1.22. The molecule has 0 radical (unpaired) electrons. The zero-order valence-corrected chi connectivity index (χ0v) is 6.14. The van der Waals surface area contributed by atoms with E-state index in [0.717, 1.165) is 0 Å². The molecule has 1 rings (SSSR count). The Kier molecular flexibility index (Phi) is 3.22. The van der Waals surface area contributed by atoms with Crippen LogP contribution in [0.2, 0.25) is 0 Å². The van der Waals surface area contributed by atoms with Gasteiger partial charge in [0, 0.05) is 5.34 Å². The molecule has 0 spiro atoms. The first kappa shape index (κ1) is 8.67. The maximum Gasteiger partial charge on any atom is 0.504 e. The second-order valence-electron chi connectivity index (χ2n) is 1.94. The molecule has 62 valence electrons. The van der Waals surface area contributed by atoms with E-state index in [0.29, 0.717) is 11.4 Å². The fourth-order valence-corrected chi connectivity index (χ4v) is 0.727. The van der Waals surface area contributed by atoms with E-state index in [2.05, 4.69) is 10.5 Å².